The van der Waals surface area contributed by atoms with Gasteiger partial charge in [-0.1, -0.05) is 28.1 Å². The van der Waals surface area contributed by atoms with Crippen LogP contribution in [0.15, 0.2) is 24.3 Å². The molecular formula is C11H12BrNO3. The number of non-ortho nitro benzene ring substituents is 1. The highest BCUT2D eigenvalue weighted by molar-refractivity contribution is 9.09. The first-order valence-corrected chi connectivity index (χ1v) is 6.24. The molecule has 0 bridgehead atoms. The lowest BCUT2D eigenvalue weighted by Crippen LogP contribution is -2.05. The van der Waals surface area contributed by atoms with Crippen molar-refractivity contribution in [2.75, 3.05) is 11.9 Å². The Morgan fingerprint density at radius 2 is 2.12 bits per heavy atom. The minimum absolute atomic E-state index is 0.139. The Morgan fingerprint density at radius 3 is 2.62 bits per heavy atom. The predicted octanol–water partition coefficient (Wildman–Crippen LogP) is 2.86. The van der Waals surface area contributed by atoms with Crippen LogP contribution in [-0.2, 0) is 4.74 Å². The summed E-state index contributed by atoms with van der Waals surface area (Å²) in [6.45, 7) is 0.702. The molecule has 1 heterocycles. The van der Waals surface area contributed by atoms with Gasteiger partial charge in [0.2, 0.25) is 0 Å². The number of rotatable bonds is 3. The van der Waals surface area contributed by atoms with Crippen LogP contribution in [-0.4, -0.2) is 23.0 Å². The van der Waals surface area contributed by atoms with Crippen molar-refractivity contribution in [1.29, 1.82) is 0 Å². The molecule has 4 nitrogen and oxygen atoms in total. The predicted molar refractivity (Wildman–Crippen MR) is 64.0 cm³/mol. The van der Waals surface area contributed by atoms with Crippen molar-refractivity contribution in [1.82, 2.24) is 0 Å². The molecule has 1 fully saturated rings. The largest absolute Gasteiger partial charge is 0.377 e. The SMILES string of the molecule is O=[N+]([O-])c1ccc(C2COC(CBr)C2)cc1. The van der Waals surface area contributed by atoms with Gasteiger partial charge in [0, 0.05) is 23.4 Å². The fourth-order valence-electron chi connectivity index (χ4n) is 1.91. The minimum atomic E-state index is -0.379. The van der Waals surface area contributed by atoms with E-state index in [9.17, 15) is 10.1 Å². The summed E-state index contributed by atoms with van der Waals surface area (Å²) in [6.07, 6.45) is 1.24. The number of benzene rings is 1. The molecular weight excluding hydrogens is 274 g/mol. The number of nitro groups is 1. The molecule has 2 atom stereocenters. The van der Waals surface area contributed by atoms with E-state index in [2.05, 4.69) is 15.9 Å². The quantitative estimate of drug-likeness (QED) is 0.487. The van der Waals surface area contributed by atoms with E-state index in [-0.39, 0.29) is 16.7 Å². The Bertz CT molecular complexity index is 379. The average Bonchev–Trinajstić information content (AvgIpc) is 2.77. The van der Waals surface area contributed by atoms with E-state index >= 15 is 0 Å². The fraction of sp³-hybridized carbons (Fsp3) is 0.455. The van der Waals surface area contributed by atoms with Gasteiger partial charge in [0.05, 0.1) is 17.6 Å². The summed E-state index contributed by atoms with van der Waals surface area (Å²) in [5.41, 5.74) is 1.26. The van der Waals surface area contributed by atoms with Gasteiger partial charge < -0.3 is 4.74 Å². The average molecular weight is 286 g/mol. The number of nitrogens with zero attached hydrogens (tertiary/aromatic N) is 1. The lowest BCUT2D eigenvalue weighted by Gasteiger charge is -2.07. The second-order valence-electron chi connectivity index (χ2n) is 3.89. The van der Waals surface area contributed by atoms with Crippen LogP contribution < -0.4 is 0 Å². The minimum Gasteiger partial charge on any atom is -0.377 e. The molecule has 16 heavy (non-hydrogen) atoms. The molecule has 2 rings (SSSR count). The number of hydrogen-bond donors (Lipinski definition) is 0. The van der Waals surface area contributed by atoms with E-state index in [1.165, 1.54) is 0 Å². The topological polar surface area (TPSA) is 52.4 Å². The maximum absolute atomic E-state index is 10.5. The first kappa shape index (κ1) is 11.5. The van der Waals surface area contributed by atoms with E-state index in [0.717, 1.165) is 17.3 Å². The number of halogens is 1. The summed E-state index contributed by atoms with van der Waals surface area (Å²) in [5, 5.41) is 11.4. The lowest BCUT2D eigenvalue weighted by atomic mass is 9.96. The van der Waals surface area contributed by atoms with Crippen LogP contribution in [0.25, 0.3) is 0 Å². The molecule has 2 unspecified atom stereocenters. The highest BCUT2D eigenvalue weighted by atomic mass is 79.9. The molecule has 1 aliphatic rings. The van der Waals surface area contributed by atoms with Crippen LogP contribution in [0.1, 0.15) is 17.9 Å². The summed E-state index contributed by atoms with van der Waals surface area (Å²) in [6, 6.07) is 6.75. The molecule has 1 aromatic rings. The van der Waals surface area contributed by atoms with Gasteiger partial charge in [-0.2, -0.15) is 0 Å². The zero-order valence-corrected chi connectivity index (χ0v) is 10.2. The number of ether oxygens (including phenoxy) is 1. The molecule has 1 aliphatic heterocycles. The highest BCUT2D eigenvalue weighted by Crippen LogP contribution is 2.30. The van der Waals surface area contributed by atoms with Gasteiger partial charge in [-0.25, -0.2) is 0 Å². The Kier molecular flexibility index (Phi) is 3.56. The molecule has 0 radical (unpaired) electrons. The first-order chi connectivity index (χ1) is 7.70. The van der Waals surface area contributed by atoms with E-state index in [4.69, 9.17) is 4.74 Å². The molecule has 0 aliphatic carbocycles. The lowest BCUT2D eigenvalue weighted by molar-refractivity contribution is -0.384. The van der Waals surface area contributed by atoms with Crippen LogP contribution in [0.5, 0.6) is 0 Å². The Hall–Kier alpha value is -0.940. The molecule has 1 saturated heterocycles. The van der Waals surface area contributed by atoms with Crippen molar-refractivity contribution >= 4 is 21.6 Å². The Morgan fingerprint density at radius 1 is 1.44 bits per heavy atom. The highest BCUT2D eigenvalue weighted by Gasteiger charge is 2.25. The van der Waals surface area contributed by atoms with Gasteiger partial charge in [-0.3, -0.25) is 10.1 Å². The molecule has 0 saturated carbocycles. The number of hydrogen-bond acceptors (Lipinski definition) is 3. The maximum atomic E-state index is 10.5. The second-order valence-corrected chi connectivity index (χ2v) is 4.54. The maximum Gasteiger partial charge on any atom is 0.269 e. The zero-order chi connectivity index (χ0) is 11.5. The number of nitro benzene ring substituents is 1. The molecule has 0 aromatic heterocycles. The standard InChI is InChI=1S/C11H12BrNO3/c12-6-11-5-9(7-16-11)8-1-3-10(4-2-8)13(14)15/h1-4,9,11H,5-7H2. The van der Waals surface area contributed by atoms with Gasteiger partial charge in [-0.15, -0.1) is 0 Å². The molecule has 0 N–H and O–H groups in total. The molecule has 0 amide bonds. The normalized spacial score (nSPS) is 24.6. The molecule has 86 valence electrons. The van der Waals surface area contributed by atoms with Crippen molar-refractivity contribution in [3.8, 4) is 0 Å². The summed E-state index contributed by atoms with van der Waals surface area (Å²) in [4.78, 5) is 10.1. The third-order valence-corrected chi connectivity index (χ3v) is 3.55. The van der Waals surface area contributed by atoms with E-state index < -0.39 is 0 Å². The van der Waals surface area contributed by atoms with E-state index in [1.54, 1.807) is 12.1 Å². The summed E-state index contributed by atoms with van der Waals surface area (Å²) in [5.74, 6) is 0.364. The van der Waals surface area contributed by atoms with Gasteiger partial charge >= 0.3 is 0 Å². The Balaban J connectivity index is 2.08. The van der Waals surface area contributed by atoms with Crippen LogP contribution in [0.3, 0.4) is 0 Å². The van der Waals surface area contributed by atoms with Gasteiger partial charge in [0.15, 0.2) is 0 Å². The monoisotopic (exact) mass is 285 g/mol. The van der Waals surface area contributed by atoms with Crippen LogP contribution >= 0.6 is 15.9 Å². The van der Waals surface area contributed by atoms with Gasteiger partial charge in [0.25, 0.3) is 5.69 Å². The smallest absolute Gasteiger partial charge is 0.269 e. The van der Waals surface area contributed by atoms with Crippen molar-refractivity contribution in [3.63, 3.8) is 0 Å². The van der Waals surface area contributed by atoms with Gasteiger partial charge in [-0.05, 0) is 12.0 Å². The van der Waals surface area contributed by atoms with E-state index in [1.807, 2.05) is 12.1 Å². The van der Waals surface area contributed by atoms with Crippen LogP contribution in [0.4, 0.5) is 5.69 Å². The first-order valence-electron chi connectivity index (χ1n) is 5.12. The van der Waals surface area contributed by atoms with E-state index in [0.29, 0.717) is 12.5 Å². The summed E-state index contributed by atoms with van der Waals surface area (Å²) < 4.78 is 5.57. The number of alkyl halides is 1. The zero-order valence-electron chi connectivity index (χ0n) is 8.64. The second kappa shape index (κ2) is 4.93. The van der Waals surface area contributed by atoms with Gasteiger partial charge in [0.1, 0.15) is 0 Å². The van der Waals surface area contributed by atoms with Crippen molar-refractivity contribution < 1.29 is 9.66 Å². The van der Waals surface area contributed by atoms with Crippen molar-refractivity contribution in [3.05, 3.63) is 39.9 Å². The molecule has 5 heteroatoms. The summed E-state index contributed by atoms with van der Waals surface area (Å²) in [7, 11) is 0. The summed E-state index contributed by atoms with van der Waals surface area (Å²) >= 11 is 3.39. The van der Waals surface area contributed by atoms with Crippen molar-refractivity contribution in [2.45, 2.75) is 18.4 Å². The third-order valence-electron chi connectivity index (χ3n) is 2.83. The molecule has 0 spiro atoms. The fourth-order valence-corrected chi connectivity index (χ4v) is 2.36. The van der Waals surface area contributed by atoms with Crippen molar-refractivity contribution in [2.24, 2.45) is 0 Å². The molecule has 1 aromatic carbocycles. The van der Waals surface area contributed by atoms with Crippen LogP contribution in [0, 0.1) is 10.1 Å². The Labute approximate surface area is 102 Å². The third kappa shape index (κ3) is 2.41. The van der Waals surface area contributed by atoms with Crippen LogP contribution in [0.2, 0.25) is 0 Å².